The first-order valence-corrected chi connectivity index (χ1v) is 13.8. The van der Waals surface area contributed by atoms with Crippen LogP contribution in [-0.4, -0.2) is 101 Å². The summed E-state index contributed by atoms with van der Waals surface area (Å²) in [7, 11) is 8.10. The number of hydrazine groups is 1. The number of aliphatic hydroxyl groups excluding tert-OH is 2. The van der Waals surface area contributed by atoms with E-state index >= 15 is 0 Å². The Bertz CT molecular complexity index is 1490. The van der Waals surface area contributed by atoms with Crippen LogP contribution in [-0.2, 0) is 20.8 Å². The van der Waals surface area contributed by atoms with Crippen molar-refractivity contribution >= 4 is 40.6 Å². The second-order valence-electron chi connectivity index (χ2n) is 12.8. The van der Waals surface area contributed by atoms with Crippen molar-refractivity contribution in [1.29, 1.82) is 0 Å². The molecule has 14 nitrogen and oxygen atoms in total. The van der Waals surface area contributed by atoms with E-state index in [-0.39, 0.29) is 29.7 Å². The summed E-state index contributed by atoms with van der Waals surface area (Å²) in [5.41, 5.74) is 4.69. The number of benzene rings is 1. The highest BCUT2D eigenvalue weighted by atomic mass is 16.3. The van der Waals surface area contributed by atoms with E-state index < -0.39 is 75.4 Å². The Labute approximate surface area is 249 Å². The number of urea groups is 1. The lowest BCUT2D eigenvalue weighted by atomic mass is 9.57. The van der Waals surface area contributed by atoms with Crippen LogP contribution in [0.1, 0.15) is 38.3 Å². The molecule has 0 radical (unpaired) electrons. The monoisotopic (exact) mass is 600 g/mol. The third kappa shape index (κ3) is 4.93. The molecule has 0 saturated heterocycles. The van der Waals surface area contributed by atoms with Crippen LogP contribution in [0.4, 0.5) is 16.2 Å². The van der Waals surface area contributed by atoms with Gasteiger partial charge < -0.3 is 36.4 Å². The van der Waals surface area contributed by atoms with Gasteiger partial charge in [0.05, 0.1) is 11.6 Å². The SMILES string of the molecule is CN(C)c1cc(N(C)NC(=O)NC(C)(C)C)c(O)c2c1C[C@H]1C[C@H]3[C@H](N(C)C)C(=O)C(C(N)=O)=C(O)[C@@]3(O)C(=O)C1=C2O. The number of carbonyl (C=O) groups excluding carboxylic acids is 4. The molecule has 234 valence electrons. The van der Waals surface area contributed by atoms with Gasteiger partial charge >= 0.3 is 6.03 Å². The number of fused-ring (bicyclic) bond motifs is 3. The molecule has 4 rings (SSSR count). The second kappa shape index (κ2) is 10.5. The molecule has 3 aliphatic carbocycles. The van der Waals surface area contributed by atoms with Crippen molar-refractivity contribution in [3.63, 3.8) is 0 Å². The zero-order valence-electron chi connectivity index (χ0n) is 25.6. The van der Waals surface area contributed by atoms with Crippen LogP contribution in [0.2, 0.25) is 0 Å². The van der Waals surface area contributed by atoms with Gasteiger partial charge in [0.25, 0.3) is 5.91 Å². The highest BCUT2D eigenvalue weighted by molar-refractivity contribution is 6.24. The molecule has 1 aromatic carbocycles. The Balaban J connectivity index is 1.91. The van der Waals surface area contributed by atoms with Crippen molar-refractivity contribution in [1.82, 2.24) is 15.6 Å². The molecule has 3 aliphatic rings. The largest absolute Gasteiger partial charge is 0.508 e. The van der Waals surface area contributed by atoms with E-state index in [1.165, 1.54) is 17.0 Å². The average molecular weight is 601 g/mol. The van der Waals surface area contributed by atoms with Gasteiger partial charge in [0.1, 0.15) is 22.8 Å². The van der Waals surface area contributed by atoms with E-state index in [0.717, 1.165) is 0 Å². The number of anilines is 2. The van der Waals surface area contributed by atoms with E-state index in [9.17, 15) is 39.6 Å². The molecule has 0 bridgehead atoms. The number of likely N-dealkylation sites (N-methyl/N-ethyl adjacent to an activating group) is 1. The summed E-state index contributed by atoms with van der Waals surface area (Å²) in [6.07, 6.45) is 0.118. The number of primary amides is 1. The van der Waals surface area contributed by atoms with Gasteiger partial charge in [0, 0.05) is 43.9 Å². The number of rotatable bonds is 5. The maximum absolute atomic E-state index is 14.1. The lowest BCUT2D eigenvalue weighted by Crippen LogP contribution is -2.65. The van der Waals surface area contributed by atoms with Gasteiger partial charge in [-0.3, -0.25) is 24.3 Å². The Morgan fingerprint density at radius 1 is 1.05 bits per heavy atom. The third-order valence-corrected chi connectivity index (χ3v) is 8.28. The van der Waals surface area contributed by atoms with Crippen molar-refractivity contribution in [2.75, 3.05) is 45.1 Å². The van der Waals surface area contributed by atoms with Crippen LogP contribution in [0.25, 0.3) is 5.76 Å². The van der Waals surface area contributed by atoms with Crippen LogP contribution < -0.4 is 26.4 Å². The number of aliphatic hydroxyl groups is 3. The highest BCUT2D eigenvalue weighted by Gasteiger charge is 2.64. The molecular weight excluding hydrogens is 560 g/mol. The number of amides is 3. The molecule has 1 saturated carbocycles. The van der Waals surface area contributed by atoms with Gasteiger partial charge in [-0.05, 0) is 65.3 Å². The van der Waals surface area contributed by atoms with Gasteiger partial charge in [-0.15, -0.1) is 0 Å². The fraction of sp³-hybridized carbons (Fsp3) is 0.517. The van der Waals surface area contributed by atoms with Crippen molar-refractivity contribution < 1.29 is 39.6 Å². The number of ketones is 2. The Morgan fingerprint density at radius 3 is 2.16 bits per heavy atom. The van der Waals surface area contributed by atoms with E-state index in [1.54, 1.807) is 59.9 Å². The summed E-state index contributed by atoms with van der Waals surface area (Å²) >= 11 is 0. The van der Waals surface area contributed by atoms with E-state index in [2.05, 4.69) is 10.7 Å². The normalized spacial score (nSPS) is 25.2. The minimum atomic E-state index is -2.73. The Kier molecular flexibility index (Phi) is 7.69. The lowest BCUT2D eigenvalue weighted by Gasteiger charge is -2.50. The molecule has 0 spiro atoms. The number of Topliss-reactive ketones (excluding diaryl/α,β-unsaturated/α-hetero) is 2. The smallest absolute Gasteiger partial charge is 0.333 e. The predicted octanol–water partition coefficient (Wildman–Crippen LogP) is 0.479. The fourth-order valence-corrected chi connectivity index (χ4v) is 6.51. The first-order valence-electron chi connectivity index (χ1n) is 13.8. The lowest BCUT2D eigenvalue weighted by molar-refractivity contribution is -0.153. The summed E-state index contributed by atoms with van der Waals surface area (Å²) in [5, 5.41) is 49.9. The Morgan fingerprint density at radius 2 is 1.65 bits per heavy atom. The number of nitrogens with two attached hydrogens (primary N) is 1. The summed E-state index contributed by atoms with van der Waals surface area (Å²) in [6, 6.07) is -0.0853. The van der Waals surface area contributed by atoms with Crippen molar-refractivity contribution in [2.24, 2.45) is 17.6 Å². The van der Waals surface area contributed by atoms with Crippen LogP contribution in [0.5, 0.6) is 5.75 Å². The van der Waals surface area contributed by atoms with E-state index in [0.29, 0.717) is 11.3 Å². The van der Waals surface area contributed by atoms with Crippen molar-refractivity contribution in [3.8, 4) is 5.75 Å². The van der Waals surface area contributed by atoms with Gasteiger partial charge in [-0.25, -0.2) is 10.2 Å². The number of hydrogen-bond donors (Lipinski definition) is 7. The molecule has 8 N–H and O–H groups in total. The summed E-state index contributed by atoms with van der Waals surface area (Å²) in [4.78, 5) is 55.3. The molecule has 1 fully saturated rings. The van der Waals surface area contributed by atoms with Crippen LogP contribution >= 0.6 is 0 Å². The van der Waals surface area contributed by atoms with Crippen LogP contribution in [0.3, 0.4) is 0 Å². The number of aromatic hydroxyl groups is 1. The molecule has 0 unspecified atom stereocenters. The summed E-state index contributed by atoms with van der Waals surface area (Å²) in [5.74, 6) is -7.29. The predicted molar refractivity (Wildman–Crippen MR) is 158 cm³/mol. The van der Waals surface area contributed by atoms with Gasteiger partial charge in [-0.2, -0.15) is 0 Å². The molecule has 14 heteroatoms. The topological polar surface area (TPSA) is 209 Å². The Hall–Kier alpha value is -4.30. The zero-order valence-corrected chi connectivity index (χ0v) is 25.6. The number of nitrogens with zero attached hydrogens (tertiary/aromatic N) is 3. The van der Waals surface area contributed by atoms with E-state index in [1.807, 2.05) is 0 Å². The minimum absolute atomic E-state index is 0.0183. The van der Waals surface area contributed by atoms with Gasteiger partial charge in [-0.1, -0.05) is 0 Å². The molecule has 43 heavy (non-hydrogen) atoms. The van der Waals surface area contributed by atoms with E-state index in [4.69, 9.17) is 5.73 Å². The van der Waals surface area contributed by atoms with Crippen LogP contribution in [0.15, 0.2) is 23.0 Å². The molecule has 0 aliphatic heterocycles. The second-order valence-corrected chi connectivity index (χ2v) is 12.8. The van der Waals surface area contributed by atoms with Gasteiger partial charge in [0.15, 0.2) is 17.1 Å². The molecular formula is C29H40N6O8. The first-order chi connectivity index (χ1) is 19.7. The quantitative estimate of drug-likeness (QED) is 0.183. The van der Waals surface area contributed by atoms with Crippen LogP contribution in [0, 0.1) is 11.8 Å². The number of carbonyl (C=O) groups is 4. The number of phenols is 1. The summed E-state index contributed by atoms with van der Waals surface area (Å²) in [6.45, 7) is 5.40. The maximum atomic E-state index is 14.1. The van der Waals surface area contributed by atoms with Gasteiger partial charge in [0.2, 0.25) is 5.78 Å². The average Bonchev–Trinajstić information content (AvgIpc) is 2.84. The number of hydrogen-bond acceptors (Lipinski definition) is 11. The number of phenolic OH excluding ortho intramolecular Hbond substituents is 1. The third-order valence-electron chi connectivity index (χ3n) is 8.28. The maximum Gasteiger partial charge on any atom is 0.333 e. The highest BCUT2D eigenvalue weighted by Crippen LogP contribution is 2.54. The summed E-state index contributed by atoms with van der Waals surface area (Å²) < 4.78 is 0. The van der Waals surface area contributed by atoms with Crippen molar-refractivity contribution in [2.45, 2.75) is 50.8 Å². The number of nitrogens with one attached hydrogen (secondary N) is 2. The minimum Gasteiger partial charge on any atom is -0.508 e. The molecule has 1 aromatic rings. The molecule has 0 heterocycles. The van der Waals surface area contributed by atoms with Crippen molar-refractivity contribution in [3.05, 3.63) is 34.1 Å². The molecule has 4 atom stereocenters. The molecule has 3 amide bonds. The standard InChI is InChI=1S/C29H40N6O8/c1-28(2,3)31-27(42)32-35(8)16-11-15(33(4)5)13-9-12-10-14-20(34(6)7)23(38)19(26(30)41)25(40)29(14,43)24(39)17(12)22(37)18(13)21(16)36/h11-12,14,20,36-37,40,43H,9-10H2,1-8H3,(H2,30,41)(H2,31,32,42)/t12-,14-,20-,29-/m0/s1. The zero-order chi connectivity index (χ0) is 32.5. The fourth-order valence-electron chi connectivity index (χ4n) is 6.51. The first kappa shape index (κ1) is 31.6. The molecule has 0 aromatic heterocycles.